The summed E-state index contributed by atoms with van der Waals surface area (Å²) < 4.78 is 17.6. The smallest absolute Gasteiger partial charge is 0.363 e. The standard InChI is InChI=1S/C24H17BrClNO4/c1-29-21-13-15(11-19(26)22(21)30-14-17-9-5-6-10-18(17)25)12-20-24(28)31-23(27-20)16-7-3-2-4-8-16/h2-13H,14H2,1H3/b20-12-. The van der Waals surface area contributed by atoms with Crippen molar-refractivity contribution in [1.29, 1.82) is 0 Å². The molecule has 1 heterocycles. The maximum absolute atomic E-state index is 12.3. The van der Waals surface area contributed by atoms with Crippen molar-refractivity contribution in [3.8, 4) is 11.5 Å². The highest BCUT2D eigenvalue weighted by Gasteiger charge is 2.24. The molecule has 0 unspecified atom stereocenters. The zero-order chi connectivity index (χ0) is 21.8. The largest absolute Gasteiger partial charge is 0.493 e. The number of carbonyl (C=O) groups excluding carboxylic acids is 1. The van der Waals surface area contributed by atoms with Gasteiger partial charge in [0, 0.05) is 15.6 Å². The number of carbonyl (C=O) groups is 1. The van der Waals surface area contributed by atoms with Crippen LogP contribution < -0.4 is 9.47 Å². The average Bonchev–Trinajstić information content (AvgIpc) is 3.14. The first-order valence-corrected chi connectivity index (χ1v) is 10.5. The lowest BCUT2D eigenvalue weighted by Gasteiger charge is -2.14. The van der Waals surface area contributed by atoms with Gasteiger partial charge < -0.3 is 14.2 Å². The van der Waals surface area contributed by atoms with Crippen LogP contribution in [0.5, 0.6) is 11.5 Å². The van der Waals surface area contributed by atoms with Gasteiger partial charge >= 0.3 is 5.97 Å². The summed E-state index contributed by atoms with van der Waals surface area (Å²) in [7, 11) is 1.53. The van der Waals surface area contributed by atoms with Gasteiger partial charge in [-0.2, -0.15) is 0 Å². The van der Waals surface area contributed by atoms with Gasteiger partial charge in [-0.05, 0) is 42.0 Å². The normalized spacial score (nSPS) is 14.4. The highest BCUT2D eigenvalue weighted by Crippen LogP contribution is 2.38. The molecule has 4 rings (SSSR count). The predicted octanol–water partition coefficient (Wildman–Crippen LogP) is 6.03. The fourth-order valence-electron chi connectivity index (χ4n) is 3.00. The number of cyclic esters (lactones) is 1. The SMILES string of the molecule is COc1cc(/C=C2\N=C(c3ccccc3)OC2=O)cc(Cl)c1OCc1ccccc1Br. The lowest BCUT2D eigenvalue weighted by Crippen LogP contribution is -2.05. The van der Waals surface area contributed by atoms with Gasteiger partial charge in [0.2, 0.25) is 5.90 Å². The van der Waals surface area contributed by atoms with Crippen LogP contribution in [0, 0.1) is 0 Å². The molecule has 0 radical (unpaired) electrons. The summed E-state index contributed by atoms with van der Waals surface area (Å²) in [5, 5.41) is 0.358. The monoisotopic (exact) mass is 497 g/mol. The Kier molecular flexibility index (Phi) is 6.39. The topological polar surface area (TPSA) is 57.1 Å². The molecule has 3 aromatic carbocycles. The Labute approximate surface area is 193 Å². The molecule has 7 heteroatoms. The van der Waals surface area contributed by atoms with Crippen LogP contribution in [0.15, 0.2) is 81.9 Å². The van der Waals surface area contributed by atoms with Crippen molar-refractivity contribution in [2.24, 2.45) is 4.99 Å². The predicted molar refractivity (Wildman–Crippen MR) is 124 cm³/mol. The van der Waals surface area contributed by atoms with Gasteiger partial charge in [0.1, 0.15) is 6.61 Å². The molecule has 0 fully saturated rings. The molecular weight excluding hydrogens is 482 g/mol. The fourth-order valence-corrected chi connectivity index (χ4v) is 3.67. The van der Waals surface area contributed by atoms with Crippen molar-refractivity contribution >= 4 is 45.5 Å². The van der Waals surface area contributed by atoms with Crippen molar-refractivity contribution in [2.75, 3.05) is 7.11 Å². The van der Waals surface area contributed by atoms with Crippen LogP contribution in [-0.2, 0) is 16.1 Å². The van der Waals surface area contributed by atoms with E-state index in [1.54, 1.807) is 18.2 Å². The van der Waals surface area contributed by atoms with E-state index in [2.05, 4.69) is 20.9 Å². The molecule has 0 saturated carbocycles. The van der Waals surface area contributed by atoms with Gasteiger partial charge in [-0.3, -0.25) is 0 Å². The Morgan fingerprint density at radius 3 is 2.58 bits per heavy atom. The molecule has 0 spiro atoms. The van der Waals surface area contributed by atoms with E-state index in [4.69, 9.17) is 25.8 Å². The van der Waals surface area contributed by atoms with Gasteiger partial charge in [0.15, 0.2) is 17.2 Å². The molecule has 3 aromatic rings. The van der Waals surface area contributed by atoms with Crippen LogP contribution in [0.2, 0.25) is 5.02 Å². The van der Waals surface area contributed by atoms with Crippen LogP contribution in [0.1, 0.15) is 16.7 Å². The van der Waals surface area contributed by atoms with Crippen molar-refractivity contribution in [2.45, 2.75) is 6.61 Å². The summed E-state index contributed by atoms with van der Waals surface area (Å²) >= 11 is 9.97. The molecule has 0 amide bonds. The Morgan fingerprint density at radius 1 is 1.10 bits per heavy atom. The van der Waals surface area contributed by atoms with E-state index in [1.165, 1.54) is 7.11 Å². The lowest BCUT2D eigenvalue weighted by atomic mass is 10.1. The molecule has 0 saturated heterocycles. The lowest BCUT2D eigenvalue weighted by molar-refractivity contribution is -0.129. The van der Waals surface area contributed by atoms with Crippen molar-refractivity contribution < 1.29 is 19.0 Å². The summed E-state index contributed by atoms with van der Waals surface area (Å²) in [6.07, 6.45) is 1.60. The highest BCUT2D eigenvalue weighted by atomic mass is 79.9. The highest BCUT2D eigenvalue weighted by molar-refractivity contribution is 9.10. The number of ether oxygens (including phenoxy) is 3. The van der Waals surface area contributed by atoms with Crippen molar-refractivity contribution in [3.63, 3.8) is 0 Å². The first-order valence-electron chi connectivity index (χ1n) is 9.37. The first kappa shape index (κ1) is 21.2. The van der Waals surface area contributed by atoms with E-state index in [-0.39, 0.29) is 11.6 Å². The summed E-state index contributed by atoms with van der Waals surface area (Å²) in [6.45, 7) is 0.314. The Hall–Kier alpha value is -3.09. The molecule has 31 heavy (non-hydrogen) atoms. The van der Waals surface area contributed by atoms with Gasteiger partial charge in [0.25, 0.3) is 0 Å². The second-order valence-electron chi connectivity index (χ2n) is 6.62. The Morgan fingerprint density at radius 2 is 1.84 bits per heavy atom. The Bertz CT molecular complexity index is 1190. The summed E-state index contributed by atoms with van der Waals surface area (Å²) in [5.74, 6) is 0.612. The summed E-state index contributed by atoms with van der Waals surface area (Å²) in [4.78, 5) is 16.6. The fraction of sp³-hybridized carbons (Fsp3) is 0.0833. The molecule has 0 bridgehead atoms. The van der Waals surface area contributed by atoms with E-state index in [0.717, 1.165) is 15.6 Å². The maximum atomic E-state index is 12.3. The Balaban J connectivity index is 1.60. The summed E-state index contributed by atoms with van der Waals surface area (Å²) in [6, 6.07) is 20.4. The number of aliphatic imine (C=N–C) groups is 1. The molecular formula is C24H17BrClNO4. The second-order valence-corrected chi connectivity index (χ2v) is 7.88. The average molecular weight is 499 g/mol. The zero-order valence-electron chi connectivity index (χ0n) is 16.5. The molecule has 156 valence electrons. The second kappa shape index (κ2) is 9.37. The molecule has 0 aliphatic carbocycles. The van der Waals surface area contributed by atoms with Gasteiger partial charge in [-0.25, -0.2) is 9.79 Å². The van der Waals surface area contributed by atoms with Gasteiger partial charge in [-0.15, -0.1) is 0 Å². The molecule has 0 atom stereocenters. The van der Waals surface area contributed by atoms with Crippen LogP contribution in [0.25, 0.3) is 6.08 Å². The number of benzene rings is 3. The summed E-state index contributed by atoms with van der Waals surface area (Å²) in [5.41, 5.74) is 2.52. The molecule has 1 aliphatic heterocycles. The number of halogens is 2. The molecule has 5 nitrogen and oxygen atoms in total. The third-order valence-corrected chi connectivity index (χ3v) is 5.58. The number of esters is 1. The quantitative estimate of drug-likeness (QED) is 0.307. The molecule has 0 N–H and O–H groups in total. The van der Waals surface area contributed by atoms with E-state index in [0.29, 0.717) is 28.7 Å². The molecule has 1 aliphatic rings. The number of nitrogens with zero attached hydrogens (tertiary/aromatic N) is 1. The first-order chi connectivity index (χ1) is 15.0. The van der Waals surface area contributed by atoms with E-state index < -0.39 is 5.97 Å². The van der Waals surface area contributed by atoms with E-state index >= 15 is 0 Å². The molecule has 0 aromatic heterocycles. The van der Waals surface area contributed by atoms with Crippen LogP contribution in [0.3, 0.4) is 0 Å². The van der Waals surface area contributed by atoms with Gasteiger partial charge in [0.05, 0.1) is 12.1 Å². The number of hydrogen-bond donors (Lipinski definition) is 0. The van der Waals surface area contributed by atoms with E-state index in [9.17, 15) is 4.79 Å². The minimum Gasteiger partial charge on any atom is -0.493 e. The third-order valence-electron chi connectivity index (χ3n) is 4.53. The van der Waals surface area contributed by atoms with Crippen molar-refractivity contribution in [1.82, 2.24) is 0 Å². The minimum atomic E-state index is -0.525. The number of rotatable bonds is 6. The van der Waals surface area contributed by atoms with Crippen LogP contribution in [0.4, 0.5) is 0 Å². The van der Waals surface area contributed by atoms with Gasteiger partial charge in [-0.1, -0.05) is 63.9 Å². The number of methoxy groups -OCH3 is 1. The third kappa shape index (κ3) is 4.81. The number of hydrogen-bond acceptors (Lipinski definition) is 5. The van der Waals surface area contributed by atoms with Crippen molar-refractivity contribution in [3.05, 3.63) is 98.6 Å². The maximum Gasteiger partial charge on any atom is 0.363 e. The van der Waals surface area contributed by atoms with E-state index in [1.807, 2.05) is 54.6 Å². The van der Waals surface area contributed by atoms with Crippen LogP contribution in [-0.4, -0.2) is 19.0 Å². The van der Waals surface area contributed by atoms with Crippen LogP contribution >= 0.6 is 27.5 Å². The zero-order valence-corrected chi connectivity index (χ0v) is 18.8. The minimum absolute atomic E-state index is 0.179.